The zero-order valence-corrected chi connectivity index (χ0v) is 11.8. The van der Waals surface area contributed by atoms with E-state index in [9.17, 15) is 0 Å². The summed E-state index contributed by atoms with van der Waals surface area (Å²) in [6.45, 7) is 6.67. The van der Waals surface area contributed by atoms with Crippen LogP contribution in [0.25, 0.3) is 0 Å². The van der Waals surface area contributed by atoms with Gasteiger partial charge in [0.1, 0.15) is 10.8 Å². The number of rotatable bonds is 5. The van der Waals surface area contributed by atoms with Crippen molar-refractivity contribution < 1.29 is 0 Å². The highest BCUT2D eigenvalue weighted by molar-refractivity contribution is 7.80. The molecule has 1 heterocycles. The Morgan fingerprint density at radius 2 is 2.06 bits per heavy atom. The van der Waals surface area contributed by atoms with Gasteiger partial charge in [-0.3, -0.25) is 0 Å². The van der Waals surface area contributed by atoms with Crippen LogP contribution in [0, 0.1) is 5.92 Å². The van der Waals surface area contributed by atoms with E-state index in [4.69, 9.17) is 18.0 Å². The van der Waals surface area contributed by atoms with Crippen LogP contribution in [-0.2, 0) is 0 Å². The fraction of sp³-hybridized carbons (Fsp3) is 0.538. The lowest BCUT2D eigenvalue weighted by atomic mass is 10.0. The first-order valence-electron chi connectivity index (χ1n) is 5.90. The number of nitrogens with zero attached hydrogens (tertiary/aromatic N) is 2. The molecule has 2 N–H and O–H groups in total. The summed E-state index contributed by atoms with van der Waals surface area (Å²) < 4.78 is 0. The maximum Gasteiger partial charge on any atom is 0.128 e. The predicted molar refractivity (Wildman–Crippen MR) is 77.4 cm³/mol. The molecule has 0 aliphatic heterocycles. The van der Waals surface area contributed by atoms with E-state index < -0.39 is 0 Å². The van der Waals surface area contributed by atoms with Crippen LogP contribution in [0.1, 0.15) is 32.8 Å². The Hall–Kier alpha value is -1.16. The van der Waals surface area contributed by atoms with E-state index in [0.29, 0.717) is 16.9 Å². The third kappa shape index (κ3) is 3.97. The van der Waals surface area contributed by atoms with Gasteiger partial charge in [0.05, 0.1) is 0 Å². The monoisotopic (exact) mass is 251 g/mol. The van der Waals surface area contributed by atoms with E-state index >= 15 is 0 Å². The summed E-state index contributed by atoms with van der Waals surface area (Å²) in [6.07, 6.45) is 2.88. The topological polar surface area (TPSA) is 42.1 Å². The minimum Gasteiger partial charge on any atom is -0.389 e. The first kappa shape index (κ1) is 13.9. The highest BCUT2D eigenvalue weighted by atomic mass is 32.1. The van der Waals surface area contributed by atoms with E-state index in [2.05, 4.69) is 37.7 Å². The van der Waals surface area contributed by atoms with Crippen LogP contribution in [0.2, 0.25) is 0 Å². The number of thiocarbonyl (C=S) groups is 1. The van der Waals surface area contributed by atoms with Crippen molar-refractivity contribution in [3.8, 4) is 0 Å². The zero-order valence-electron chi connectivity index (χ0n) is 11.0. The van der Waals surface area contributed by atoms with Crippen LogP contribution in [0.3, 0.4) is 0 Å². The fourth-order valence-corrected chi connectivity index (χ4v) is 1.93. The molecule has 0 saturated heterocycles. The number of pyridine rings is 1. The molecule has 3 nitrogen and oxygen atoms in total. The highest BCUT2D eigenvalue weighted by Crippen LogP contribution is 2.17. The standard InChI is InChI=1S/C13H21N3S/c1-9(2)7-10(3)16(4)12-6-5-11(8-15-12)13(14)17/h5-6,8-10H,7H2,1-4H3,(H2,14,17). The van der Waals surface area contributed by atoms with Gasteiger partial charge in [-0.2, -0.15) is 0 Å². The number of hydrogen-bond donors (Lipinski definition) is 1. The molecular weight excluding hydrogens is 230 g/mol. The minimum atomic E-state index is 0.391. The number of nitrogens with two attached hydrogens (primary N) is 1. The Labute approximate surface area is 109 Å². The third-order valence-corrected chi connectivity index (χ3v) is 3.10. The molecule has 1 unspecified atom stereocenters. The summed E-state index contributed by atoms with van der Waals surface area (Å²) in [5.74, 6) is 1.64. The molecular formula is C13H21N3S. The van der Waals surface area contributed by atoms with Gasteiger partial charge in [0.2, 0.25) is 0 Å². The largest absolute Gasteiger partial charge is 0.389 e. The van der Waals surface area contributed by atoms with Gasteiger partial charge in [-0.1, -0.05) is 26.1 Å². The smallest absolute Gasteiger partial charge is 0.128 e. The molecule has 1 rings (SSSR count). The van der Waals surface area contributed by atoms with Gasteiger partial charge in [-0.15, -0.1) is 0 Å². The summed E-state index contributed by atoms with van der Waals surface area (Å²) in [6, 6.07) is 4.35. The van der Waals surface area contributed by atoms with Crippen molar-refractivity contribution >= 4 is 23.0 Å². The Kier molecular flexibility index (Phi) is 4.87. The molecule has 0 radical (unpaired) electrons. The first-order chi connectivity index (χ1) is 7.91. The number of anilines is 1. The van der Waals surface area contributed by atoms with Crippen LogP contribution in [0.4, 0.5) is 5.82 Å². The van der Waals surface area contributed by atoms with Gasteiger partial charge in [0.25, 0.3) is 0 Å². The molecule has 0 amide bonds. The van der Waals surface area contributed by atoms with E-state index in [0.717, 1.165) is 17.8 Å². The van der Waals surface area contributed by atoms with Crippen molar-refractivity contribution in [3.63, 3.8) is 0 Å². The summed E-state index contributed by atoms with van der Waals surface area (Å²) in [7, 11) is 2.07. The second kappa shape index (κ2) is 5.96. The Morgan fingerprint density at radius 1 is 1.41 bits per heavy atom. The second-order valence-electron chi connectivity index (χ2n) is 4.86. The molecule has 1 atom stereocenters. The molecule has 4 heteroatoms. The normalized spacial score (nSPS) is 12.5. The molecule has 0 aliphatic rings. The number of aromatic nitrogens is 1. The van der Waals surface area contributed by atoms with Crippen molar-refractivity contribution in [2.24, 2.45) is 11.7 Å². The maximum atomic E-state index is 5.54. The lowest BCUT2D eigenvalue weighted by Gasteiger charge is -2.27. The number of hydrogen-bond acceptors (Lipinski definition) is 3. The zero-order chi connectivity index (χ0) is 13.0. The summed E-state index contributed by atoms with van der Waals surface area (Å²) in [5, 5.41) is 0. The van der Waals surface area contributed by atoms with E-state index in [-0.39, 0.29) is 0 Å². The van der Waals surface area contributed by atoms with Crippen LogP contribution in [-0.4, -0.2) is 23.1 Å². The molecule has 0 spiro atoms. The Balaban J connectivity index is 2.75. The molecule has 17 heavy (non-hydrogen) atoms. The molecule has 1 aromatic heterocycles. The van der Waals surface area contributed by atoms with Crippen LogP contribution < -0.4 is 10.6 Å². The van der Waals surface area contributed by atoms with Crippen molar-refractivity contribution in [3.05, 3.63) is 23.9 Å². The van der Waals surface area contributed by atoms with Crippen LogP contribution in [0.15, 0.2) is 18.3 Å². The molecule has 94 valence electrons. The average molecular weight is 251 g/mol. The summed E-state index contributed by atoms with van der Waals surface area (Å²) in [5.41, 5.74) is 6.36. The van der Waals surface area contributed by atoms with Crippen LogP contribution in [0.5, 0.6) is 0 Å². The molecule has 0 saturated carbocycles. The fourth-order valence-electron chi connectivity index (χ4n) is 1.81. The molecule has 1 aromatic rings. The van der Waals surface area contributed by atoms with Gasteiger partial charge >= 0.3 is 0 Å². The van der Waals surface area contributed by atoms with Gasteiger partial charge in [-0.05, 0) is 31.4 Å². The first-order valence-corrected chi connectivity index (χ1v) is 6.31. The molecule has 0 fully saturated rings. The van der Waals surface area contributed by atoms with Crippen LogP contribution >= 0.6 is 12.2 Å². The molecule has 0 bridgehead atoms. The Morgan fingerprint density at radius 3 is 2.47 bits per heavy atom. The van der Waals surface area contributed by atoms with Gasteiger partial charge < -0.3 is 10.6 Å². The average Bonchev–Trinajstić information content (AvgIpc) is 2.27. The van der Waals surface area contributed by atoms with Crippen molar-refractivity contribution in [2.45, 2.75) is 33.2 Å². The summed E-state index contributed by atoms with van der Waals surface area (Å²) in [4.78, 5) is 6.96. The summed E-state index contributed by atoms with van der Waals surface area (Å²) >= 11 is 4.90. The third-order valence-electron chi connectivity index (χ3n) is 2.87. The van der Waals surface area contributed by atoms with Gasteiger partial charge in [0.15, 0.2) is 0 Å². The molecule has 0 aliphatic carbocycles. The maximum absolute atomic E-state index is 5.54. The van der Waals surface area contributed by atoms with Crippen molar-refractivity contribution in [2.75, 3.05) is 11.9 Å². The van der Waals surface area contributed by atoms with Gasteiger partial charge in [0, 0.05) is 24.8 Å². The lowest BCUT2D eigenvalue weighted by molar-refractivity contribution is 0.502. The van der Waals surface area contributed by atoms with E-state index in [1.54, 1.807) is 6.20 Å². The van der Waals surface area contributed by atoms with Crippen molar-refractivity contribution in [1.82, 2.24) is 4.98 Å². The van der Waals surface area contributed by atoms with Gasteiger partial charge in [-0.25, -0.2) is 4.98 Å². The van der Waals surface area contributed by atoms with E-state index in [1.807, 2.05) is 12.1 Å². The quantitative estimate of drug-likeness (QED) is 0.817. The second-order valence-corrected chi connectivity index (χ2v) is 5.30. The highest BCUT2D eigenvalue weighted by Gasteiger charge is 2.12. The lowest BCUT2D eigenvalue weighted by Crippen LogP contribution is -2.30. The SMILES string of the molecule is CC(C)CC(C)N(C)c1ccc(C(N)=S)cn1. The molecule has 0 aromatic carbocycles. The van der Waals surface area contributed by atoms with Crippen molar-refractivity contribution in [1.29, 1.82) is 0 Å². The minimum absolute atomic E-state index is 0.391. The van der Waals surface area contributed by atoms with E-state index in [1.165, 1.54) is 0 Å². The predicted octanol–water partition coefficient (Wildman–Crippen LogP) is 2.59. The Bertz CT molecular complexity index is 373.